The fourth-order valence-corrected chi connectivity index (χ4v) is 8.80. The largest absolute Gasteiger partial charge is 0.477 e. The number of hydrogen-bond acceptors (Lipinski definition) is 13. The molecule has 4 N–H and O–H groups in total. The second-order valence-electron chi connectivity index (χ2n) is 9.47. The van der Waals surface area contributed by atoms with Crippen LogP contribution in [-0.2, 0) is 40.5 Å². The normalized spacial score (nSPS) is 18.6. The van der Waals surface area contributed by atoms with E-state index in [1.54, 1.807) is 19.1 Å². The Hall–Kier alpha value is -3.45. The highest BCUT2D eigenvalue weighted by molar-refractivity contribution is 8.13. The van der Waals surface area contributed by atoms with Crippen LogP contribution >= 0.6 is 34.9 Å². The number of hydrogen-bond donors (Lipinski definition) is 3. The Morgan fingerprint density at radius 1 is 1.34 bits per heavy atom. The van der Waals surface area contributed by atoms with Gasteiger partial charge in [-0.25, -0.2) is 18.2 Å². The molecule has 2 aliphatic rings. The molecule has 0 unspecified atom stereocenters. The highest BCUT2D eigenvalue weighted by atomic mass is 32.2. The number of aliphatic carboxylic acids is 1. The predicted octanol–water partition coefficient (Wildman–Crippen LogP) is 1.35. The van der Waals surface area contributed by atoms with E-state index in [-0.39, 0.29) is 57.5 Å². The Bertz CT molecular complexity index is 1640. The molecule has 1 aromatic carbocycles. The Balaban J connectivity index is 1.52. The average Bonchev–Trinajstić information content (AvgIpc) is 3.41. The molecule has 0 bridgehead atoms. The zero-order valence-corrected chi connectivity index (χ0v) is 27.1. The lowest BCUT2D eigenvalue weighted by Crippen LogP contribution is -2.71. The zero-order valence-electron chi connectivity index (χ0n) is 23.9. The number of oxime groups is 1. The van der Waals surface area contributed by atoms with Gasteiger partial charge in [0.05, 0.1) is 4.90 Å². The van der Waals surface area contributed by atoms with Crippen molar-refractivity contribution in [1.82, 2.24) is 19.5 Å². The van der Waals surface area contributed by atoms with Gasteiger partial charge in [0, 0.05) is 36.9 Å². The number of carboxylic acids is 1. The van der Waals surface area contributed by atoms with E-state index >= 15 is 0 Å². The maximum absolute atomic E-state index is 13.3. The lowest BCUT2D eigenvalue weighted by atomic mass is 9.99. The van der Waals surface area contributed by atoms with Crippen LogP contribution in [0, 0.1) is 0 Å². The summed E-state index contributed by atoms with van der Waals surface area (Å²) in [6.45, 7) is 3.50. The molecule has 2 atom stereocenters. The van der Waals surface area contributed by atoms with E-state index < -0.39 is 39.2 Å². The maximum atomic E-state index is 13.3. The van der Waals surface area contributed by atoms with E-state index in [0.29, 0.717) is 16.9 Å². The molecule has 18 heteroatoms. The maximum Gasteiger partial charge on any atom is 0.352 e. The van der Waals surface area contributed by atoms with Crippen LogP contribution in [0.4, 0.5) is 5.13 Å². The summed E-state index contributed by atoms with van der Waals surface area (Å²) in [5, 5.41) is 17.3. The topological polar surface area (TPSA) is 202 Å². The fraction of sp³-hybridized carbons (Fsp3) is 0.385. The summed E-state index contributed by atoms with van der Waals surface area (Å²) in [7, 11) is -2.62. The third-order valence-corrected chi connectivity index (χ3v) is 11.4. The van der Waals surface area contributed by atoms with Crippen molar-refractivity contribution in [2.45, 2.75) is 36.6 Å². The number of thiazole rings is 1. The van der Waals surface area contributed by atoms with Crippen molar-refractivity contribution >= 4 is 78.6 Å². The number of benzene rings is 1. The number of thioether (sulfide) groups is 2. The van der Waals surface area contributed by atoms with E-state index in [0.717, 1.165) is 28.0 Å². The lowest BCUT2D eigenvalue weighted by Gasteiger charge is -2.49. The SMILES string of the molecule is CCN(CCSC(C)=O)S(=O)(=O)c1cccc(CC2=C(C(=O)O)N3C(=O)[C@@H](NC(=O)C(=NOC)c4csc(N)n4)[C@H]3SC2)c1. The van der Waals surface area contributed by atoms with Gasteiger partial charge in [0.15, 0.2) is 16.0 Å². The van der Waals surface area contributed by atoms with Crippen LogP contribution in [0.15, 0.2) is 51.0 Å². The molecule has 2 amide bonds. The van der Waals surface area contributed by atoms with Crippen molar-refractivity contribution < 1.29 is 37.5 Å². The minimum Gasteiger partial charge on any atom is -0.477 e. The van der Waals surface area contributed by atoms with Gasteiger partial charge in [0.25, 0.3) is 11.8 Å². The first kappa shape index (κ1) is 33.4. The van der Waals surface area contributed by atoms with Crippen molar-refractivity contribution in [1.29, 1.82) is 0 Å². The molecule has 44 heavy (non-hydrogen) atoms. The van der Waals surface area contributed by atoms with Crippen LogP contribution in [-0.4, -0.2) is 99.4 Å². The van der Waals surface area contributed by atoms with Crippen LogP contribution in [0.2, 0.25) is 0 Å². The summed E-state index contributed by atoms with van der Waals surface area (Å²) in [6, 6.07) is 5.20. The second-order valence-corrected chi connectivity index (χ2v) is 14.7. The van der Waals surface area contributed by atoms with E-state index in [4.69, 9.17) is 10.6 Å². The first-order valence-corrected chi connectivity index (χ1v) is 17.5. The van der Waals surface area contributed by atoms with Crippen LogP contribution < -0.4 is 11.1 Å². The van der Waals surface area contributed by atoms with Crippen molar-refractivity contribution in [2.24, 2.45) is 5.16 Å². The number of fused-ring (bicyclic) bond motifs is 1. The molecule has 0 spiro atoms. The fourth-order valence-electron chi connectivity index (χ4n) is 4.67. The molecule has 1 saturated heterocycles. The van der Waals surface area contributed by atoms with Gasteiger partial charge in [-0.3, -0.25) is 19.3 Å². The molecule has 2 aromatic rings. The van der Waals surface area contributed by atoms with E-state index in [9.17, 15) is 32.7 Å². The highest BCUT2D eigenvalue weighted by Gasteiger charge is 2.54. The summed E-state index contributed by atoms with van der Waals surface area (Å²) < 4.78 is 27.9. The quantitative estimate of drug-likeness (QED) is 0.156. The van der Waals surface area contributed by atoms with Crippen LogP contribution in [0.3, 0.4) is 0 Å². The summed E-state index contributed by atoms with van der Waals surface area (Å²) in [6.07, 6.45) is 0.0910. The van der Waals surface area contributed by atoms with Gasteiger partial charge < -0.3 is 21.0 Å². The number of aromatic nitrogens is 1. The summed E-state index contributed by atoms with van der Waals surface area (Å²) in [5.41, 5.74) is 6.42. The standard InChI is InChI=1S/C26H30N6O8S4/c1-4-31(8-9-41-14(2)33)44(38,39)17-7-5-6-15(11-17)10-16-12-42-24-20(23(35)32(24)21(16)25(36)37)29-22(34)19(30-40-3)18-13-43-26(27)28-18/h5-7,11,13,20,24H,4,8-10,12H2,1-3H3,(H2,27,28)(H,29,34)(H,36,37)/t20-,24-/m1/s1. The van der Waals surface area contributed by atoms with Crippen molar-refractivity contribution in [3.63, 3.8) is 0 Å². The van der Waals surface area contributed by atoms with Gasteiger partial charge in [-0.15, -0.1) is 23.1 Å². The average molecular weight is 683 g/mol. The molecule has 2 aliphatic heterocycles. The summed E-state index contributed by atoms with van der Waals surface area (Å²) in [5.74, 6) is -2.11. The van der Waals surface area contributed by atoms with Gasteiger partial charge in [0.1, 0.15) is 29.9 Å². The molecular formula is C26H30N6O8S4. The number of nitrogens with zero attached hydrogens (tertiary/aromatic N) is 4. The number of nitrogen functional groups attached to an aromatic ring is 1. The summed E-state index contributed by atoms with van der Waals surface area (Å²) in [4.78, 5) is 59.8. The van der Waals surface area contributed by atoms with Gasteiger partial charge in [-0.05, 0) is 29.7 Å². The Morgan fingerprint density at radius 2 is 2.09 bits per heavy atom. The molecule has 1 aromatic heterocycles. The van der Waals surface area contributed by atoms with Crippen LogP contribution in [0.25, 0.3) is 0 Å². The van der Waals surface area contributed by atoms with Gasteiger partial charge in [-0.1, -0.05) is 36.0 Å². The van der Waals surface area contributed by atoms with Crippen molar-refractivity contribution in [3.8, 4) is 0 Å². The minimum atomic E-state index is -3.87. The number of nitrogens with two attached hydrogens (primary N) is 1. The summed E-state index contributed by atoms with van der Waals surface area (Å²) >= 11 is 3.42. The van der Waals surface area contributed by atoms with Gasteiger partial charge in [-0.2, -0.15) is 4.31 Å². The molecule has 4 rings (SSSR count). The molecule has 0 saturated carbocycles. The molecule has 3 heterocycles. The third kappa shape index (κ3) is 7.09. The molecule has 0 aliphatic carbocycles. The number of carboxylic acid groups (broad SMARTS) is 1. The number of carbonyl (C=O) groups excluding carboxylic acids is 3. The molecule has 14 nitrogen and oxygen atoms in total. The molecule has 236 valence electrons. The number of anilines is 1. The minimum absolute atomic E-state index is 0.0432. The Labute approximate surface area is 266 Å². The number of rotatable bonds is 13. The monoisotopic (exact) mass is 682 g/mol. The van der Waals surface area contributed by atoms with E-state index in [1.807, 2.05) is 0 Å². The molecule has 0 radical (unpaired) electrons. The number of carbonyl (C=O) groups is 4. The van der Waals surface area contributed by atoms with E-state index in [2.05, 4.69) is 15.5 Å². The Morgan fingerprint density at radius 3 is 2.70 bits per heavy atom. The van der Waals surface area contributed by atoms with Crippen molar-refractivity contribution in [2.75, 3.05) is 37.4 Å². The number of amides is 2. The first-order valence-electron chi connectivity index (χ1n) is 13.1. The number of sulfonamides is 1. The molecular weight excluding hydrogens is 653 g/mol. The third-order valence-electron chi connectivity index (χ3n) is 6.65. The predicted molar refractivity (Wildman–Crippen MR) is 167 cm³/mol. The zero-order chi connectivity index (χ0) is 32.2. The van der Waals surface area contributed by atoms with Gasteiger partial charge >= 0.3 is 5.97 Å². The molecule has 1 fully saturated rings. The highest BCUT2D eigenvalue weighted by Crippen LogP contribution is 2.41. The lowest BCUT2D eigenvalue weighted by molar-refractivity contribution is -0.150. The Kier molecular flexibility index (Phi) is 10.7. The second kappa shape index (κ2) is 14.1. The van der Waals surface area contributed by atoms with Gasteiger partial charge in [0.2, 0.25) is 10.0 Å². The number of nitrogens with one attached hydrogen (secondary N) is 1. The first-order chi connectivity index (χ1) is 20.9. The smallest absolute Gasteiger partial charge is 0.352 e. The number of β-lactam (4-membered cyclic amide) rings is 1. The van der Waals surface area contributed by atoms with Crippen molar-refractivity contribution in [3.05, 3.63) is 52.2 Å². The van der Waals surface area contributed by atoms with Crippen LogP contribution in [0.5, 0.6) is 0 Å². The van der Waals surface area contributed by atoms with E-state index in [1.165, 1.54) is 47.6 Å². The van der Waals surface area contributed by atoms with Crippen LogP contribution in [0.1, 0.15) is 25.1 Å².